The second kappa shape index (κ2) is 7.64. The second-order valence-corrected chi connectivity index (χ2v) is 7.48. The van der Waals surface area contributed by atoms with Gasteiger partial charge in [0, 0.05) is 44.8 Å². The van der Waals surface area contributed by atoms with E-state index in [2.05, 4.69) is 36.1 Å². The minimum absolute atomic E-state index is 0.000401. The van der Waals surface area contributed by atoms with Crippen LogP contribution in [0, 0.1) is 0 Å². The van der Waals surface area contributed by atoms with Crippen molar-refractivity contribution >= 4 is 17.5 Å². The lowest BCUT2D eigenvalue weighted by Crippen LogP contribution is -2.53. The molecule has 2 heterocycles. The highest BCUT2D eigenvalue weighted by Crippen LogP contribution is 2.32. The van der Waals surface area contributed by atoms with Gasteiger partial charge in [-0.2, -0.15) is 0 Å². The molecule has 2 aromatic carbocycles. The van der Waals surface area contributed by atoms with Crippen LogP contribution in [0.4, 0.5) is 5.69 Å². The Balaban J connectivity index is 1.44. The fourth-order valence-electron chi connectivity index (χ4n) is 3.82. The zero-order valence-corrected chi connectivity index (χ0v) is 16.3. The third-order valence-electron chi connectivity index (χ3n) is 5.57. The van der Waals surface area contributed by atoms with Crippen LogP contribution in [-0.4, -0.2) is 60.9 Å². The highest BCUT2D eigenvalue weighted by Gasteiger charge is 2.29. The van der Waals surface area contributed by atoms with Crippen molar-refractivity contribution in [1.29, 1.82) is 0 Å². The van der Waals surface area contributed by atoms with Crippen LogP contribution in [0.25, 0.3) is 0 Å². The molecule has 0 aromatic heterocycles. The van der Waals surface area contributed by atoms with Gasteiger partial charge >= 0.3 is 0 Å². The summed E-state index contributed by atoms with van der Waals surface area (Å²) in [7, 11) is 1.71. The number of piperazine rings is 1. The molecule has 2 aromatic rings. The van der Waals surface area contributed by atoms with Crippen LogP contribution in [0.3, 0.4) is 0 Å². The number of nitrogens with zero attached hydrogens (tertiary/aromatic N) is 3. The summed E-state index contributed by atoms with van der Waals surface area (Å²) in [5.74, 6) is 0.528. The molecule has 0 saturated carbocycles. The molecule has 6 heteroatoms. The van der Waals surface area contributed by atoms with Gasteiger partial charge in [0.05, 0.1) is 5.69 Å². The van der Waals surface area contributed by atoms with Gasteiger partial charge in [0.2, 0.25) is 0 Å². The highest BCUT2D eigenvalue weighted by atomic mass is 16.5. The molecule has 146 valence electrons. The summed E-state index contributed by atoms with van der Waals surface area (Å²) in [6.45, 7) is 5.32. The van der Waals surface area contributed by atoms with Crippen molar-refractivity contribution in [2.75, 3.05) is 38.2 Å². The molecule has 0 spiro atoms. The monoisotopic (exact) mass is 379 g/mol. The van der Waals surface area contributed by atoms with Crippen molar-refractivity contribution in [2.24, 2.45) is 0 Å². The van der Waals surface area contributed by atoms with E-state index in [1.165, 1.54) is 5.56 Å². The van der Waals surface area contributed by atoms with Crippen molar-refractivity contribution in [1.82, 2.24) is 9.80 Å². The first kappa shape index (κ1) is 18.5. The van der Waals surface area contributed by atoms with Crippen LogP contribution < -0.4 is 9.64 Å². The van der Waals surface area contributed by atoms with Gasteiger partial charge in [-0.25, -0.2) is 0 Å². The van der Waals surface area contributed by atoms with Crippen molar-refractivity contribution in [3.63, 3.8) is 0 Å². The van der Waals surface area contributed by atoms with E-state index in [-0.39, 0.29) is 24.5 Å². The lowest BCUT2D eigenvalue weighted by Gasteiger charge is -2.40. The Morgan fingerprint density at radius 3 is 2.68 bits per heavy atom. The zero-order valence-electron chi connectivity index (χ0n) is 16.3. The molecule has 4 rings (SSSR count). The van der Waals surface area contributed by atoms with E-state index in [9.17, 15) is 9.59 Å². The topological polar surface area (TPSA) is 53.1 Å². The predicted octanol–water partition coefficient (Wildman–Crippen LogP) is 2.39. The van der Waals surface area contributed by atoms with Crippen molar-refractivity contribution < 1.29 is 14.3 Å². The molecule has 0 radical (unpaired) electrons. The molecule has 1 fully saturated rings. The Kier molecular flexibility index (Phi) is 5.05. The van der Waals surface area contributed by atoms with Crippen LogP contribution >= 0.6 is 0 Å². The summed E-state index contributed by atoms with van der Waals surface area (Å²) in [6, 6.07) is 16.0. The molecule has 28 heavy (non-hydrogen) atoms. The summed E-state index contributed by atoms with van der Waals surface area (Å²) < 4.78 is 5.45. The number of hydrogen-bond acceptors (Lipinski definition) is 4. The van der Waals surface area contributed by atoms with Gasteiger partial charge in [0.15, 0.2) is 6.61 Å². The molecule has 2 aliphatic rings. The van der Waals surface area contributed by atoms with Crippen LogP contribution in [-0.2, 0) is 11.3 Å². The van der Waals surface area contributed by atoms with E-state index in [0.717, 1.165) is 13.1 Å². The Morgan fingerprint density at radius 2 is 1.93 bits per heavy atom. The normalized spacial score (nSPS) is 19.9. The zero-order chi connectivity index (χ0) is 19.7. The number of fused-ring (bicyclic) bond motifs is 1. The van der Waals surface area contributed by atoms with Gasteiger partial charge in [-0.3, -0.25) is 14.5 Å². The predicted molar refractivity (Wildman–Crippen MR) is 108 cm³/mol. The van der Waals surface area contributed by atoms with Crippen LogP contribution in [0.5, 0.6) is 5.75 Å². The van der Waals surface area contributed by atoms with E-state index in [1.54, 1.807) is 30.1 Å². The third kappa shape index (κ3) is 3.60. The number of carbonyl (C=O) groups is 2. The van der Waals surface area contributed by atoms with Crippen molar-refractivity contribution in [2.45, 2.75) is 19.5 Å². The summed E-state index contributed by atoms with van der Waals surface area (Å²) in [5.41, 5.74) is 2.53. The lowest BCUT2D eigenvalue weighted by molar-refractivity contribution is -0.120. The number of likely N-dealkylation sites (N-methyl/N-ethyl adjacent to an activating group) is 1. The molecular formula is C22H25N3O3. The maximum atomic E-state index is 13.0. The molecule has 1 saturated heterocycles. The van der Waals surface area contributed by atoms with E-state index in [1.807, 2.05) is 11.0 Å². The van der Waals surface area contributed by atoms with Gasteiger partial charge < -0.3 is 14.5 Å². The number of benzene rings is 2. The maximum Gasteiger partial charge on any atom is 0.264 e. The smallest absolute Gasteiger partial charge is 0.264 e. The first-order valence-electron chi connectivity index (χ1n) is 9.63. The molecular weight excluding hydrogens is 354 g/mol. The fraction of sp³-hybridized carbons (Fsp3) is 0.364. The van der Waals surface area contributed by atoms with E-state index in [0.29, 0.717) is 30.1 Å². The molecule has 0 aliphatic carbocycles. The van der Waals surface area contributed by atoms with Gasteiger partial charge in [-0.05, 0) is 30.7 Å². The Labute approximate surface area is 165 Å². The quantitative estimate of drug-likeness (QED) is 0.822. The number of hydrogen-bond donors (Lipinski definition) is 0. The molecule has 2 aliphatic heterocycles. The molecule has 6 nitrogen and oxygen atoms in total. The fourth-order valence-corrected chi connectivity index (χ4v) is 3.82. The second-order valence-electron chi connectivity index (χ2n) is 7.48. The highest BCUT2D eigenvalue weighted by molar-refractivity contribution is 6.01. The third-order valence-corrected chi connectivity index (χ3v) is 5.57. The molecule has 0 bridgehead atoms. The van der Waals surface area contributed by atoms with Crippen LogP contribution in [0.1, 0.15) is 22.8 Å². The van der Waals surface area contributed by atoms with Gasteiger partial charge in [0.1, 0.15) is 5.75 Å². The largest absolute Gasteiger partial charge is 0.482 e. The SMILES string of the molecule is CC1CN(C(=O)c2ccc3c(c2)N(C)C(=O)CO3)CCN1Cc1ccccc1. The standard InChI is InChI=1S/C22H25N3O3/c1-16-13-25(11-10-24(16)14-17-6-4-3-5-7-17)22(27)18-8-9-20-19(12-18)23(2)21(26)15-28-20/h3-9,12,16H,10-11,13-15H2,1-2H3. The number of carbonyl (C=O) groups excluding carboxylic acids is 2. The van der Waals surface area contributed by atoms with Crippen LogP contribution in [0.15, 0.2) is 48.5 Å². The van der Waals surface area contributed by atoms with E-state index < -0.39 is 0 Å². The molecule has 1 unspecified atom stereocenters. The Bertz CT molecular complexity index is 884. The van der Waals surface area contributed by atoms with Gasteiger partial charge in [-0.1, -0.05) is 30.3 Å². The number of rotatable bonds is 3. The van der Waals surface area contributed by atoms with E-state index >= 15 is 0 Å². The molecule has 2 amide bonds. The molecule has 0 N–H and O–H groups in total. The summed E-state index contributed by atoms with van der Waals surface area (Å²) in [6.07, 6.45) is 0. The molecule has 1 atom stereocenters. The number of ether oxygens (including phenoxy) is 1. The minimum atomic E-state index is -0.111. The van der Waals surface area contributed by atoms with Crippen molar-refractivity contribution in [3.8, 4) is 5.75 Å². The average molecular weight is 379 g/mol. The first-order chi connectivity index (χ1) is 13.5. The average Bonchev–Trinajstić information content (AvgIpc) is 2.72. The first-order valence-corrected chi connectivity index (χ1v) is 9.63. The summed E-state index contributed by atoms with van der Waals surface area (Å²) >= 11 is 0. The van der Waals surface area contributed by atoms with Crippen molar-refractivity contribution in [3.05, 3.63) is 59.7 Å². The van der Waals surface area contributed by atoms with Gasteiger partial charge in [0.25, 0.3) is 11.8 Å². The van der Waals surface area contributed by atoms with E-state index in [4.69, 9.17) is 4.74 Å². The van der Waals surface area contributed by atoms with Gasteiger partial charge in [-0.15, -0.1) is 0 Å². The summed E-state index contributed by atoms with van der Waals surface area (Å²) in [5, 5.41) is 0. The minimum Gasteiger partial charge on any atom is -0.482 e. The number of amides is 2. The maximum absolute atomic E-state index is 13.0. The van der Waals surface area contributed by atoms with Crippen LogP contribution in [0.2, 0.25) is 0 Å². The number of anilines is 1. The Morgan fingerprint density at radius 1 is 1.14 bits per heavy atom. The lowest BCUT2D eigenvalue weighted by atomic mass is 10.1. The Hall–Kier alpha value is -2.86. The summed E-state index contributed by atoms with van der Waals surface area (Å²) in [4.78, 5) is 30.8.